The molecule has 0 saturated carbocycles. The van der Waals surface area contributed by atoms with Crippen LogP contribution in [0.4, 0.5) is 0 Å². The third-order valence-corrected chi connectivity index (χ3v) is 6.34. The average molecular weight is 386 g/mol. The standard InChI is InChI=1S/C27H24B2O/c1-5-13-23(14-6-1)27(24-15-7-2-8-16-24)21-22-28(25-17-9-3-10-18-25)29(30-27)26-19-11-4-12-20-26/h1-20H,21-22H2. The van der Waals surface area contributed by atoms with Gasteiger partial charge in [-0.2, -0.15) is 0 Å². The summed E-state index contributed by atoms with van der Waals surface area (Å²) in [5.41, 5.74) is 4.59. The summed E-state index contributed by atoms with van der Waals surface area (Å²) >= 11 is 0. The van der Waals surface area contributed by atoms with Gasteiger partial charge in [-0.05, 0) is 17.5 Å². The van der Waals surface area contributed by atoms with Gasteiger partial charge in [0, 0.05) is 0 Å². The lowest BCUT2D eigenvalue weighted by atomic mass is 9.10. The van der Waals surface area contributed by atoms with E-state index in [-0.39, 0.29) is 6.81 Å². The van der Waals surface area contributed by atoms with Crippen molar-refractivity contribution in [3.05, 3.63) is 132 Å². The van der Waals surface area contributed by atoms with Crippen LogP contribution in [-0.4, -0.2) is 13.4 Å². The summed E-state index contributed by atoms with van der Waals surface area (Å²) in [5.74, 6) is 0. The Hall–Kier alpha value is -3.03. The van der Waals surface area contributed by atoms with Crippen LogP contribution in [0.1, 0.15) is 17.5 Å². The summed E-state index contributed by atoms with van der Waals surface area (Å²) in [7, 11) is 0. The topological polar surface area (TPSA) is 9.23 Å². The van der Waals surface area contributed by atoms with Crippen LogP contribution in [0.2, 0.25) is 6.32 Å². The van der Waals surface area contributed by atoms with Gasteiger partial charge in [-0.15, -0.1) is 0 Å². The number of benzene rings is 4. The van der Waals surface area contributed by atoms with Crippen molar-refractivity contribution in [2.45, 2.75) is 18.3 Å². The van der Waals surface area contributed by atoms with E-state index < -0.39 is 5.60 Å². The van der Waals surface area contributed by atoms with Gasteiger partial charge >= 0.3 is 0 Å². The van der Waals surface area contributed by atoms with Gasteiger partial charge in [0.2, 0.25) is 0 Å². The summed E-state index contributed by atoms with van der Waals surface area (Å²) in [6.45, 7) is 0.317. The van der Waals surface area contributed by atoms with E-state index in [2.05, 4.69) is 121 Å². The molecule has 0 aromatic heterocycles. The Morgan fingerprint density at radius 3 is 1.47 bits per heavy atom. The second-order valence-electron chi connectivity index (χ2n) is 8.06. The van der Waals surface area contributed by atoms with E-state index >= 15 is 0 Å². The van der Waals surface area contributed by atoms with Gasteiger partial charge in [0.05, 0.1) is 0 Å². The minimum atomic E-state index is -0.450. The van der Waals surface area contributed by atoms with Crippen molar-refractivity contribution in [2.24, 2.45) is 0 Å². The summed E-state index contributed by atoms with van der Waals surface area (Å²) in [6.07, 6.45) is 2.01. The van der Waals surface area contributed by atoms with E-state index in [1.165, 1.54) is 22.1 Å². The maximum absolute atomic E-state index is 7.20. The Bertz CT molecular complexity index is 1030. The molecular weight excluding hydrogens is 362 g/mol. The second kappa shape index (κ2) is 8.38. The molecule has 0 N–H and O–H groups in total. The molecule has 0 aliphatic carbocycles. The minimum Gasteiger partial charge on any atom is -0.425 e. The average Bonchev–Trinajstić information content (AvgIpc) is 2.86. The van der Waals surface area contributed by atoms with E-state index in [0.29, 0.717) is 6.60 Å². The third-order valence-electron chi connectivity index (χ3n) is 6.34. The van der Waals surface area contributed by atoms with Gasteiger partial charge in [-0.3, -0.25) is 0 Å². The molecule has 0 amide bonds. The van der Waals surface area contributed by atoms with Crippen molar-refractivity contribution in [3.8, 4) is 0 Å². The molecule has 1 saturated heterocycles. The molecule has 5 rings (SSSR count). The molecule has 0 spiro atoms. The van der Waals surface area contributed by atoms with Gasteiger partial charge in [0.15, 0.2) is 6.60 Å². The van der Waals surface area contributed by atoms with E-state index in [9.17, 15) is 0 Å². The van der Waals surface area contributed by atoms with Gasteiger partial charge in [-0.1, -0.05) is 139 Å². The first-order valence-electron chi connectivity index (χ1n) is 10.8. The van der Waals surface area contributed by atoms with Crippen LogP contribution >= 0.6 is 0 Å². The molecule has 0 bridgehead atoms. The first kappa shape index (κ1) is 19.0. The molecule has 1 aliphatic rings. The molecule has 0 unspecified atom stereocenters. The molecule has 1 heterocycles. The van der Waals surface area contributed by atoms with E-state index in [4.69, 9.17) is 4.65 Å². The van der Waals surface area contributed by atoms with Crippen molar-refractivity contribution in [1.29, 1.82) is 0 Å². The minimum absolute atomic E-state index is 0.0113. The molecule has 1 fully saturated rings. The van der Waals surface area contributed by atoms with Crippen molar-refractivity contribution < 1.29 is 4.65 Å². The van der Waals surface area contributed by atoms with Crippen molar-refractivity contribution >= 4 is 24.3 Å². The smallest absolute Gasteiger partial charge is 0.294 e. The fourth-order valence-electron chi connectivity index (χ4n) is 4.86. The first-order valence-corrected chi connectivity index (χ1v) is 10.8. The summed E-state index contributed by atoms with van der Waals surface area (Å²) in [6, 6.07) is 43.0. The highest BCUT2D eigenvalue weighted by atomic mass is 16.5. The summed E-state index contributed by atoms with van der Waals surface area (Å²) in [4.78, 5) is 0. The number of hydrogen-bond donors (Lipinski definition) is 0. The molecule has 3 heteroatoms. The predicted octanol–water partition coefficient (Wildman–Crippen LogP) is 4.73. The largest absolute Gasteiger partial charge is 0.425 e. The highest BCUT2D eigenvalue weighted by Crippen LogP contribution is 2.42. The molecule has 0 radical (unpaired) electrons. The molecule has 30 heavy (non-hydrogen) atoms. The van der Waals surface area contributed by atoms with E-state index in [1.807, 2.05) is 0 Å². The highest BCUT2D eigenvalue weighted by molar-refractivity contribution is 7.30. The predicted molar refractivity (Wildman–Crippen MR) is 128 cm³/mol. The normalized spacial score (nSPS) is 15.7. The maximum atomic E-state index is 7.20. The fourth-order valence-corrected chi connectivity index (χ4v) is 4.86. The summed E-state index contributed by atoms with van der Waals surface area (Å²) < 4.78 is 7.20. The number of hydrogen-bond acceptors (Lipinski definition) is 1. The lowest BCUT2D eigenvalue weighted by molar-refractivity contribution is 0.106. The lowest BCUT2D eigenvalue weighted by Crippen LogP contribution is -2.61. The van der Waals surface area contributed by atoms with Crippen LogP contribution in [-0.2, 0) is 10.3 Å². The monoisotopic (exact) mass is 386 g/mol. The van der Waals surface area contributed by atoms with E-state index in [0.717, 1.165) is 12.7 Å². The Kier molecular flexibility index (Phi) is 5.29. The maximum Gasteiger partial charge on any atom is 0.294 e. The Balaban J connectivity index is 1.64. The molecule has 4 aromatic carbocycles. The van der Waals surface area contributed by atoms with Crippen molar-refractivity contribution in [3.63, 3.8) is 0 Å². The lowest BCUT2D eigenvalue weighted by Gasteiger charge is -2.44. The van der Waals surface area contributed by atoms with Crippen LogP contribution in [0.25, 0.3) is 0 Å². The quantitative estimate of drug-likeness (QED) is 0.461. The van der Waals surface area contributed by atoms with Crippen LogP contribution < -0.4 is 10.9 Å². The number of rotatable bonds is 4. The van der Waals surface area contributed by atoms with E-state index in [1.54, 1.807) is 0 Å². The molecule has 4 aromatic rings. The summed E-state index contributed by atoms with van der Waals surface area (Å²) in [5, 5.41) is 0. The van der Waals surface area contributed by atoms with Gasteiger partial charge in [0.1, 0.15) is 5.60 Å². The van der Waals surface area contributed by atoms with Crippen molar-refractivity contribution in [1.82, 2.24) is 0 Å². The third kappa shape index (κ3) is 3.51. The van der Waals surface area contributed by atoms with Crippen molar-refractivity contribution in [2.75, 3.05) is 0 Å². The Labute approximate surface area is 179 Å². The van der Waals surface area contributed by atoms with Crippen LogP contribution in [0.15, 0.2) is 121 Å². The van der Waals surface area contributed by atoms with Gasteiger partial charge in [-0.25, -0.2) is 0 Å². The zero-order valence-electron chi connectivity index (χ0n) is 17.0. The van der Waals surface area contributed by atoms with Crippen LogP contribution in [0.5, 0.6) is 0 Å². The molecule has 0 atom stereocenters. The first-order chi connectivity index (χ1) is 14.9. The molecule has 1 aliphatic heterocycles. The van der Waals surface area contributed by atoms with Crippen LogP contribution in [0, 0.1) is 0 Å². The molecular formula is C27H24B2O. The fraction of sp³-hybridized carbons (Fsp3) is 0.111. The zero-order valence-corrected chi connectivity index (χ0v) is 17.0. The second-order valence-corrected chi connectivity index (χ2v) is 8.06. The Morgan fingerprint density at radius 2 is 0.967 bits per heavy atom. The highest BCUT2D eigenvalue weighted by Gasteiger charge is 2.48. The Morgan fingerprint density at radius 1 is 0.533 bits per heavy atom. The molecule has 144 valence electrons. The van der Waals surface area contributed by atoms with Crippen LogP contribution in [0.3, 0.4) is 0 Å². The zero-order chi connectivity index (χ0) is 20.2. The SMILES string of the molecule is c1ccc(B2CCC(c3ccccc3)(c3ccccc3)OB2c2ccccc2)cc1. The van der Waals surface area contributed by atoms with Gasteiger partial charge < -0.3 is 4.65 Å². The molecule has 1 nitrogen and oxygen atoms in total. The van der Waals surface area contributed by atoms with Gasteiger partial charge in [0.25, 0.3) is 6.81 Å².